The first-order valence-corrected chi connectivity index (χ1v) is 6.50. The van der Waals surface area contributed by atoms with E-state index in [0.717, 1.165) is 11.3 Å². The van der Waals surface area contributed by atoms with Gasteiger partial charge in [-0.15, -0.1) is 0 Å². The number of benzene rings is 2. The van der Waals surface area contributed by atoms with Crippen LogP contribution < -0.4 is 10.2 Å². The number of nitrogens with one attached hydrogen (secondary N) is 1. The van der Waals surface area contributed by atoms with Gasteiger partial charge in [-0.05, 0) is 36.3 Å². The van der Waals surface area contributed by atoms with Crippen LogP contribution in [0, 0.1) is 6.92 Å². The topological polar surface area (TPSA) is 32.3 Å². The quantitative estimate of drug-likeness (QED) is 0.900. The summed E-state index contributed by atoms with van der Waals surface area (Å²) in [4.78, 5) is 13.6. The van der Waals surface area contributed by atoms with Crippen LogP contribution >= 0.6 is 0 Å². The number of aryl methyl sites for hydroxylation is 1. The van der Waals surface area contributed by atoms with Crippen LogP contribution in [-0.2, 0) is 0 Å². The third-order valence-corrected chi connectivity index (χ3v) is 3.11. The molecule has 0 aliphatic heterocycles. The van der Waals surface area contributed by atoms with Gasteiger partial charge in [-0.1, -0.05) is 42.5 Å². The lowest BCUT2D eigenvalue weighted by Crippen LogP contribution is -2.34. The van der Waals surface area contributed by atoms with Crippen LogP contribution in [0.1, 0.15) is 11.1 Å². The molecule has 0 bridgehead atoms. The highest BCUT2D eigenvalue weighted by molar-refractivity contribution is 5.92. The smallest absolute Gasteiger partial charge is 0.314 e. The predicted molar refractivity (Wildman–Crippen MR) is 83.6 cm³/mol. The summed E-state index contributed by atoms with van der Waals surface area (Å²) in [5.74, 6) is 0. The molecule has 0 saturated carbocycles. The Balaban J connectivity index is 1.97. The number of rotatable bonds is 3. The third kappa shape index (κ3) is 3.48. The molecular weight excluding hydrogens is 248 g/mol. The molecule has 0 unspecified atom stereocenters. The molecule has 0 atom stereocenters. The fraction of sp³-hybridized carbons (Fsp3) is 0.118. The highest BCUT2D eigenvalue weighted by atomic mass is 16.2. The van der Waals surface area contributed by atoms with Gasteiger partial charge in [0.1, 0.15) is 0 Å². The minimum Gasteiger partial charge on any atom is -0.314 e. The summed E-state index contributed by atoms with van der Waals surface area (Å²) >= 11 is 0. The van der Waals surface area contributed by atoms with E-state index in [-0.39, 0.29) is 6.03 Å². The van der Waals surface area contributed by atoms with E-state index in [9.17, 15) is 4.79 Å². The van der Waals surface area contributed by atoms with Gasteiger partial charge in [-0.3, -0.25) is 4.90 Å². The summed E-state index contributed by atoms with van der Waals surface area (Å²) in [6.07, 6.45) is 3.57. The van der Waals surface area contributed by atoms with E-state index >= 15 is 0 Å². The first-order valence-electron chi connectivity index (χ1n) is 6.50. The molecule has 1 N–H and O–H groups in total. The van der Waals surface area contributed by atoms with Crippen molar-refractivity contribution < 1.29 is 4.79 Å². The Morgan fingerprint density at radius 2 is 1.70 bits per heavy atom. The van der Waals surface area contributed by atoms with Gasteiger partial charge >= 0.3 is 6.03 Å². The molecule has 0 aromatic heterocycles. The van der Waals surface area contributed by atoms with Crippen molar-refractivity contribution in [2.24, 2.45) is 0 Å². The van der Waals surface area contributed by atoms with Crippen molar-refractivity contribution in [1.29, 1.82) is 0 Å². The lowest BCUT2D eigenvalue weighted by atomic mass is 10.1. The van der Waals surface area contributed by atoms with Gasteiger partial charge in [0.25, 0.3) is 0 Å². The number of para-hydroxylation sites is 1. The van der Waals surface area contributed by atoms with Gasteiger partial charge in [-0.2, -0.15) is 0 Å². The van der Waals surface area contributed by atoms with Crippen LogP contribution in [0.4, 0.5) is 10.5 Å². The molecule has 20 heavy (non-hydrogen) atoms. The molecule has 0 fully saturated rings. The number of hydrogen-bond donors (Lipinski definition) is 1. The number of hydrogen-bond acceptors (Lipinski definition) is 1. The Hall–Kier alpha value is -2.55. The summed E-state index contributed by atoms with van der Waals surface area (Å²) in [6.45, 7) is 2.04. The molecule has 0 saturated heterocycles. The highest BCUT2D eigenvalue weighted by Gasteiger charge is 2.07. The minimum absolute atomic E-state index is 0.166. The Bertz CT molecular complexity index is 605. The van der Waals surface area contributed by atoms with E-state index in [1.54, 1.807) is 18.1 Å². The Morgan fingerprint density at radius 1 is 1.05 bits per heavy atom. The van der Waals surface area contributed by atoms with Crippen LogP contribution in [0.2, 0.25) is 0 Å². The SMILES string of the molecule is Cc1ccccc1/C=C/NC(=O)N(C)c1ccccc1. The van der Waals surface area contributed by atoms with Crippen LogP contribution in [0.3, 0.4) is 0 Å². The summed E-state index contributed by atoms with van der Waals surface area (Å²) in [5, 5.41) is 2.76. The molecule has 0 aliphatic rings. The Morgan fingerprint density at radius 3 is 2.40 bits per heavy atom. The van der Waals surface area contributed by atoms with E-state index in [2.05, 4.69) is 5.32 Å². The van der Waals surface area contributed by atoms with E-state index in [0.29, 0.717) is 0 Å². The largest absolute Gasteiger partial charge is 0.325 e. The van der Waals surface area contributed by atoms with Crippen molar-refractivity contribution in [3.8, 4) is 0 Å². The number of carbonyl (C=O) groups is 1. The van der Waals surface area contributed by atoms with Gasteiger partial charge in [-0.25, -0.2) is 4.79 Å². The summed E-state index contributed by atoms with van der Waals surface area (Å²) in [6, 6.07) is 17.4. The number of amides is 2. The van der Waals surface area contributed by atoms with Gasteiger partial charge < -0.3 is 5.32 Å². The van der Waals surface area contributed by atoms with Crippen molar-refractivity contribution in [3.63, 3.8) is 0 Å². The number of nitrogens with zero attached hydrogens (tertiary/aromatic N) is 1. The van der Waals surface area contributed by atoms with Crippen molar-refractivity contribution in [2.45, 2.75) is 6.92 Å². The molecule has 2 aromatic carbocycles. The second-order valence-electron chi connectivity index (χ2n) is 4.53. The standard InChI is InChI=1S/C17H18N2O/c1-14-8-6-7-9-15(14)12-13-18-17(20)19(2)16-10-4-3-5-11-16/h3-13H,1-2H3,(H,18,20)/b13-12+. The maximum atomic E-state index is 12.0. The molecule has 0 aliphatic carbocycles. The van der Waals surface area contributed by atoms with Crippen LogP contribution in [0.15, 0.2) is 60.8 Å². The van der Waals surface area contributed by atoms with Crippen molar-refractivity contribution in [1.82, 2.24) is 5.32 Å². The molecule has 3 nitrogen and oxygen atoms in total. The predicted octanol–water partition coefficient (Wildman–Crippen LogP) is 3.81. The van der Waals surface area contributed by atoms with E-state index in [4.69, 9.17) is 0 Å². The second kappa shape index (κ2) is 6.57. The number of urea groups is 1. The second-order valence-corrected chi connectivity index (χ2v) is 4.53. The molecule has 0 spiro atoms. The molecule has 2 aromatic rings. The van der Waals surface area contributed by atoms with E-state index in [1.807, 2.05) is 67.6 Å². The molecule has 102 valence electrons. The van der Waals surface area contributed by atoms with Crippen molar-refractivity contribution in [2.75, 3.05) is 11.9 Å². The molecule has 3 heteroatoms. The zero-order valence-corrected chi connectivity index (χ0v) is 11.7. The lowest BCUT2D eigenvalue weighted by Gasteiger charge is -2.16. The first kappa shape index (κ1) is 13.9. The Labute approximate surface area is 119 Å². The fourth-order valence-corrected chi connectivity index (χ4v) is 1.84. The summed E-state index contributed by atoms with van der Waals surface area (Å²) in [7, 11) is 1.74. The van der Waals surface area contributed by atoms with E-state index < -0.39 is 0 Å². The molecule has 0 heterocycles. The summed E-state index contributed by atoms with van der Waals surface area (Å²) < 4.78 is 0. The van der Waals surface area contributed by atoms with Crippen LogP contribution in [0.25, 0.3) is 6.08 Å². The van der Waals surface area contributed by atoms with Gasteiger partial charge in [0.05, 0.1) is 0 Å². The molecule has 2 amide bonds. The van der Waals surface area contributed by atoms with Crippen LogP contribution in [-0.4, -0.2) is 13.1 Å². The average Bonchev–Trinajstić information content (AvgIpc) is 2.49. The molecule has 2 rings (SSSR count). The van der Waals surface area contributed by atoms with Gasteiger partial charge in [0.15, 0.2) is 0 Å². The van der Waals surface area contributed by atoms with Gasteiger partial charge in [0, 0.05) is 18.9 Å². The van der Waals surface area contributed by atoms with E-state index in [1.165, 1.54) is 5.56 Å². The normalized spacial score (nSPS) is 10.5. The zero-order chi connectivity index (χ0) is 14.4. The lowest BCUT2D eigenvalue weighted by molar-refractivity contribution is 0.250. The van der Waals surface area contributed by atoms with Crippen LogP contribution in [0.5, 0.6) is 0 Å². The fourth-order valence-electron chi connectivity index (χ4n) is 1.84. The number of carbonyl (C=O) groups excluding carboxylic acids is 1. The zero-order valence-electron chi connectivity index (χ0n) is 11.7. The molecular formula is C17H18N2O. The van der Waals surface area contributed by atoms with Crippen molar-refractivity contribution >= 4 is 17.8 Å². The van der Waals surface area contributed by atoms with Crippen molar-refractivity contribution in [3.05, 3.63) is 71.9 Å². The van der Waals surface area contributed by atoms with Gasteiger partial charge in [0.2, 0.25) is 0 Å². The summed E-state index contributed by atoms with van der Waals surface area (Å²) in [5.41, 5.74) is 3.12. The maximum absolute atomic E-state index is 12.0. The average molecular weight is 266 g/mol. The third-order valence-electron chi connectivity index (χ3n) is 3.11. The first-order chi connectivity index (χ1) is 9.68. The highest BCUT2D eigenvalue weighted by Crippen LogP contribution is 2.11. The minimum atomic E-state index is -0.166. The number of anilines is 1. The molecule has 0 radical (unpaired) electrons. The monoisotopic (exact) mass is 266 g/mol. The maximum Gasteiger partial charge on any atom is 0.325 e. The Kier molecular flexibility index (Phi) is 4.56.